The molecule has 1 aromatic carbocycles. The van der Waals surface area contributed by atoms with E-state index in [1.54, 1.807) is 0 Å². The Labute approximate surface area is 133 Å². The quantitative estimate of drug-likeness (QED) is 0.747. The maximum Gasteiger partial charge on any atom is 0.0446 e. The Kier molecular flexibility index (Phi) is 4.92. The van der Waals surface area contributed by atoms with Crippen molar-refractivity contribution in [3.05, 3.63) is 56.7 Å². The van der Waals surface area contributed by atoms with E-state index in [2.05, 4.69) is 63.0 Å². The molecule has 3 heteroatoms. The van der Waals surface area contributed by atoms with Gasteiger partial charge in [0.05, 0.1) is 0 Å². The number of benzene rings is 1. The molecular formula is C17H20BrNS. The Morgan fingerprint density at radius 1 is 1.20 bits per heavy atom. The first-order valence-corrected chi connectivity index (χ1v) is 9.01. The van der Waals surface area contributed by atoms with E-state index < -0.39 is 0 Å². The molecule has 0 amide bonds. The van der Waals surface area contributed by atoms with Crippen LogP contribution in [-0.2, 0) is 6.54 Å². The summed E-state index contributed by atoms with van der Waals surface area (Å²) >= 11 is 5.43. The van der Waals surface area contributed by atoms with Gasteiger partial charge in [-0.2, -0.15) is 0 Å². The Morgan fingerprint density at radius 3 is 2.75 bits per heavy atom. The highest BCUT2D eigenvalue weighted by Crippen LogP contribution is 2.37. The van der Waals surface area contributed by atoms with E-state index in [4.69, 9.17) is 0 Å². The van der Waals surface area contributed by atoms with Crippen LogP contribution in [0.4, 0.5) is 0 Å². The van der Waals surface area contributed by atoms with E-state index >= 15 is 0 Å². The average molecular weight is 350 g/mol. The maximum atomic E-state index is 3.80. The molecule has 1 aromatic heterocycles. The fraction of sp³-hybridized carbons (Fsp3) is 0.412. The SMILES string of the molecule is Brc1cccc(CNC(c2cccs2)C2CCCC2)c1. The molecule has 3 rings (SSSR count). The van der Waals surface area contributed by atoms with Gasteiger partial charge in [-0.05, 0) is 47.9 Å². The topological polar surface area (TPSA) is 12.0 Å². The lowest BCUT2D eigenvalue weighted by atomic mass is 9.96. The van der Waals surface area contributed by atoms with Crippen LogP contribution in [0.25, 0.3) is 0 Å². The molecular weight excluding hydrogens is 330 g/mol. The summed E-state index contributed by atoms with van der Waals surface area (Å²) in [5.41, 5.74) is 1.35. The average Bonchev–Trinajstić information content (AvgIpc) is 3.12. The summed E-state index contributed by atoms with van der Waals surface area (Å²) in [4.78, 5) is 1.49. The molecule has 0 aliphatic heterocycles. The van der Waals surface area contributed by atoms with Gasteiger partial charge in [-0.25, -0.2) is 0 Å². The highest BCUT2D eigenvalue weighted by molar-refractivity contribution is 9.10. The summed E-state index contributed by atoms with van der Waals surface area (Å²) in [6.45, 7) is 0.943. The van der Waals surface area contributed by atoms with Crippen molar-refractivity contribution in [2.75, 3.05) is 0 Å². The molecule has 0 bridgehead atoms. The monoisotopic (exact) mass is 349 g/mol. The van der Waals surface area contributed by atoms with Crippen LogP contribution in [0.15, 0.2) is 46.3 Å². The predicted octanol–water partition coefficient (Wildman–Crippen LogP) is 5.53. The van der Waals surface area contributed by atoms with Crippen molar-refractivity contribution in [3.8, 4) is 0 Å². The highest BCUT2D eigenvalue weighted by Gasteiger charge is 2.26. The van der Waals surface area contributed by atoms with Crippen LogP contribution in [0.5, 0.6) is 0 Å². The smallest absolute Gasteiger partial charge is 0.0446 e. The molecule has 1 aliphatic rings. The molecule has 1 unspecified atom stereocenters. The third kappa shape index (κ3) is 3.51. The van der Waals surface area contributed by atoms with Gasteiger partial charge < -0.3 is 5.32 Å². The largest absolute Gasteiger partial charge is 0.305 e. The van der Waals surface area contributed by atoms with Crippen LogP contribution in [0.1, 0.15) is 42.2 Å². The molecule has 1 heterocycles. The lowest BCUT2D eigenvalue weighted by Gasteiger charge is -2.24. The van der Waals surface area contributed by atoms with E-state index in [9.17, 15) is 0 Å². The van der Waals surface area contributed by atoms with Crippen molar-refractivity contribution in [1.82, 2.24) is 5.32 Å². The summed E-state index contributed by atoms with van der Waals surface area (Å²) < 4.78 is 1.16. The Hall–Kier alpha value is -0.640. The molecule has 0 radical (unpaired) electrons. The fourth-order valence-electron chi connectivity index (χ4n) is 3.13. The molecule has 20 heavy (non-hydrogen) atoms. The fourth-order valence-corrected chi connectivity index (χ4v) is 4.47. The first-order chi connectivity index (χ1) is 9.83. The number of thiophene rings is 1. The van der Waals surface area contributed by atoms with E-state index in [0.717, 1.165) is 16.9 Å². The minimum atomic E-state index is 0.525. The van der Waals surface area contributed by atoms with Crippen LogP contribution in [0.3, 0.4) is 0 Å². The molecule has 0 spiro atoms. The zero-order valence-electron chi connectivity index (χ0n) is 11.5. The van der Waals surface area contributed by atoms with Crippen molar-refractivity contribution in [3.63, 3.8) is 0 Å². The van der Waals surface area contributed by atoms with E-state index in [1.807, 2.05) is 11.3 Å². The summed E-state index contributed by atoms with van der Waals surface area (Å²) in [5.74, 6) is 0.806. The number of rotatable bonds is 5. The van der Waals surface area contributed by atoms with Gasteiger partial charge in [0.2, 0.25) is 0 Å². The zero-order chi connectivity index (χ0) is 13.8. The number of nitrogens with one attached hydrogen (secondary N) is 1. The summed E-state index contributed by atoms with van der Waals surface area (Å²) in [6, 6.07) is 13.6. The second-order valence-corrected chi connectivity index (χ2v) is 7.44. The van der Waals surface area contributed by atoms with Gasteiger partial charge >= 0.3 is 0 Å². The van der Waals surface area contributed by atoms with Gasteiger partial charge in [0, 0.05) is 21.9 Å². The summed E-state index contributed by atoms with van der Waals surface area (Å²) in [7, 11) is 0. The highest BCUT2D eigenvalue weighted by atomic mass is 79.9. The summed E-state index contributed by atoms with van der Waals surface area (Å²) in [6.07, 6.45) is 5.53. The van der Waals surface area contributed by atoms with E-state index in [-0.39, 0.29) is 0 Å². The minimum Gasteiger partial charge on any atom is -0.305 e. The van der Waals surface area contributed by atoms with Crippen molar-refractivity contribution in [2.24, 2.45) is 5.92 Å². The number of hydrogen-bond acceptors (Lipinski definition) is 2. The van der Waals surface area contributed by atoms with Crippen molar-refractivity contribution in [1.29, 1.82) is 0 Å². The zero-order valence-corrected chi connectivity index (χ0v) is 13.9. The lowest BCUT2D eigenvalue weighted by Crippen LogP contribution is -2.26. The third-order valence-corrected chi connectivity index (χ3v) is 5.58. The van der Waals surface area contributed by atoms with Gasteiger partial charge in [-0.3, -0.25) is 0 Å². The summed E-state index contributed by atoms with van der Waals surface area (Å²) in [5, 5.41) is 5.99. The van der Waals surface area contributed by atoms with Crippen molar-refractivity contribution >= 4 is 27.3 Å². The van der Waals surface area contributed by atoms with Crippen LogP contribution >= 0.6 is 27.3 Å². The first kappa shape index (κ1) is 14.3. The predicted molar refractivity (Wildman–Crippen MR) is 90.0 cm³/mol. The third-order valence-electron chi connectivity index (χ3n) is 4.14. The van der Waals surface area contributed by atoms with Gasteiger partial charge in [0.25, 0.3) is 0 Å². The number of hydrogen-bond donors (Lipinski definition) is 1. The van der Waals surface area contributed by atoms with Gasteiger partial charge in [0.1, 0.15) is 0 Å². The van der Waals surface area contributed by atoms with Gasteiger partial charge in [-0.15, -0.1) is 11.3 Å². The minimum absolute atomic E-state index is 0.525. The Bertz CT molecular complexity index is 532. The molecule has 1 nitrogen and oxygen atoms in total. The van der Waals surface area contributed by atoms with E-state index in [1.165, 1.54) is 36.1 Å². The van der Waals surface area contributed by atoms with E-state index in [0.29, 0.717) is 6.04 Å². The number of halogens is 1. The van der Waals surface area contributed by atoms with Crippen LogP contribution < -0.4 is 5.32 Å². The first-order valence-electron chi connectivity index (χ1n) is 7.34. The van der Waals surface area contributed by atoms with Crippen LogP contribution in [0.2, 0.25) is 0 Å². The molecule has 1 aliphatic carbocycles. The molecule has 1 fully saturated rings. The normalized spacial score (nSPS) is 17.4. The molecule has 0 saturated heterocycles. The maximum absolute atomic E-state index is 3.80. The molecule has 1 saturated carbocycles. The second kappa shape index (κ2) is 6.88. The molecule has 2 aromatic rings. The van der Waals surface area contributed by atoms with Crippen LogP contribution in [0, 0.1) is 5.92 Å². The Morgan fingerprint density at radius 2 is 2.05 bits per heavy atom. The van der Waals surface area contributed by atoms with Gasteiger partial charge in [0.15, 0.2) is 0 Å². The Balaban J connectivity index is 1.70. The standard InChI is InChI=1S/C17H20BrNS/c18-15-8-3-5-13(11-15)12-19-17(14-6-1-2-7-14)16-9-4-10-20-16/h3-5,8-11,14,17,19H,1-2,6-7,12H2. The molecule has 106 valence electrons. The van der Waals surface area contributed by atoms with Gasteiger partial charge in [-0.1, -0.05) is 47.0 Å². The van der Waals surface area contributed by atoms with Crippen molar-refractivity contribution < 1.29 is 0 Å². The van der Waals surface area contributed by atoms with Crippen molar-refractivity contribution in [2.45, 2.75) is 38.3 Å². The molecule has 1 atom stereocenters. The van der Waals surface area contributed by atoms with Crippen LogP contribution in [-0.4, -0.2) is 0 Å². The molecule has 1 N–H and O–H groups in total. The lowest BCUT2D eigenvalue weighted by molar-refractivity contribution is 0.371. The second-order valence-electron chi connectivity index (χ2n) is 5.55.